The molecular weight excluding hydrogens is 433 g/mol. The van der Waals surface area contributed by atoms with Gasteiger partial charge in [0.1, 0.15) is 11.4 Å². The van der Waals surface area contributed by atoms with E-state index in [2.05, 4.69) is 20.6 Å². The summed E-state index contributed by atoms with van der Waals surface area (Å²) in [4.78, 5) is 12.6. The molecule has 7 nitrogen and oxygen atoms in total. The minimum atomic E-state index is -2.13. The molecule has 0 fully saturated rings. The van der Waals surface area contributed by atoms with Gasteiger partial charge in [-0.15, -0.1) is 10.2 Å². The number of benzene rings is 1. The Hall–Kier alpha value is -1.38. The molecule has 12 heteroatoms. The van der Waals surface area contributed by atoms with Crippen LogP contribution in [0.2, 0.25) is 0 Å². The summed E-state index contributed by atoms with van der Waals surface area (Å²) >= 11 is 30.1. The van der Waals surface area contributed by atoms with Crippen molar-refractivity contribution in [3.05, 3.63) is 48.4 Å². The van der Waals surface area contributed by atoms with Crippen LogP contribution >= 0.6 is 58.0 Å². The smallest absolute Gasteiger partial charge is 0.243 e. The predicted octanol–water partition coefficient (Wildman–Crippen LogP) is 4.05. The fourth-order valence-corrected chi connectivity index (χ4v) is 2.55. The number of carbonyl (C=O) groups excluding carboxylic acids is 1. The molecular formula is C13H7Cl5N6O. The van der Waals surface area contributed by atoms with Gasteiger partial charge in [-0.25, -0.2) is 4.79 Å². The SMILES string of the molecule is O=C(n1ccnn1)n1nnc(C(Cl)(Cl)C(Cl)(Cl)Cl)c1-c1ccccc1. The minimum absolute atomic E-state index is 0.0875. The average molecular weight is 441 g/mol. The van der Waals surface area contributed by atoms with Gasteiger partial charge in [-0.3, -0.25) is 0 Å². The molecule has 0 unspecified atom stereocenters. The molecule has 0 aliphatic heterocycles. The molecule has 0 radical (unpaired) electrons. The van der Waals surface area contributed by atoms with Gasteiger partial charge in [0.05, 0.1) is 12.4 Å². The molecule has 130 valence electrons. The Morgan fingerprint density at radius 3 is 2.24 bits per heavy atom. The molecule has 0 amide bonds. The molecule has 0 bridgehead atoms. The summed E-state index contributed by atoms with van der Waals surface area (Å²) in [6.45, 7) is 0. The number of halogens is 5. The van der Waals surface area contributed by atoms with Crippen molar-refractivity contribution in [2.24, 2.45) is 0 Å². The Morgan fingerprint density at radius 1 is 1.00 bits per heavy atom. The number of aromatic nitrogens is 6. The first kappa shape index (κ1) is 18.4. The van der Waals surface area contributed by atoms with Gasteiger partial charge in [-0.1, -0.05) is 98.8 Å². The van der Waals surface area contributed by atoms with Gasteiger partial charge in [0.2, 0.25) is 8.13 Å². The number of rotatable bonds is 2. The highest BCUT2D eigenvalue weighted by Crippen LogP contribution is 2.54. The van der Waals surface area contributed by atoms with Crippen LogP contribution in [-0.4, -0.2) is 39.8 Å². The average Bonchev–Trinajstić information content (AvgIpc) is 3.24. The predicted molar refractivity (Wildman–Crippen MR) is 95.3 cm³/mol. The third-order valence-electron chi connectivity index (χ3n) is 3.17. The molecule has 3 rings (SSSR count). The summed E-state index contributed by atoms with van der Waals surface area (Å²) in [6, 6.07) is 8.03. The van der Waals surface area contributed by atoms with Gasteiger partial charge in [-0.05, 0) is 0 Å². The van der Waals surface area contributed by atoms with Gasteiger partial charge in [0.15, 0.2) is 0 Å². The van der Waals surface area contributed by atoms with Crippen LogP contribution in [0.15, 0.2) is 42.7 Å². The highest BCUT2D eigenvalue weighted by atomic mass is 35.6. The Kier molecular flexibility index (Phi) is 4.96. The summed E-state index contributed by atoms with van der Waals surface area (Å²) in [5, 5.41) is 14.9. The minimum Gasteiger partial charge on any atom is -0.243 e. The summed E-state index contributed by atoms with van der Waals surface area (Å²) in [5.41, 5.74) is 0.615. The summed E-state index contributed by atoms with van der Waals surface area (Å²) in [5.74, 6) is 0. The molecule has 25 heavy (non-hydrogen) atoms. The van der Waals surface area contributed by atoms with Crippen molar-refractivity contribution in [1.29, 1.82) is 0 Å². The second-order valence-corrected chi connectivity index (χ2v) is 8.38. The third-order valence-corrected chi connectivity index (χ3v) is 5.53. The second-order valence-electron chi connectivity index (χ2n) is 4.77. The van der Waals surface area contributed by atoms with Crippen LogP contribution in [-0.2, 0) is 4.33 Å². The fraction of sp³-hybridized carbons (Fsp3) is 0.154. The van der Waals surface area contributed by atoms with Gasteiger partial charge in [-0.2, -0.15) is 9.36 Å². The molecule has 0 spiro atoms. The summed E-state index contributed by atoms with van der Waals surface area (Å²) < 4.78 is -2.28. The van der Waals surface area contributed by atoms with E-state index in [1.54, 1.807) is 30.3 Å². The van der Waals surface area contributed by atoms with Crippen LogP contribution < -0.4 is 0 Å². The van der Waals surface area contributed by atoms with Crippen molar-refractivity contribution < 1.29 is 4.79 Å². The van der Waals surface area contributed by atoms with E-state index in [-0.39, 0.29) is 11.4 Å². The van der Waals surface area contributed by atoms with Gasteiger partial charge in [0, 0.05) is 5.56 Å². The van der Waals surface area contributed by atoms with Crippen LogP contribution in [0.5, 0.6) is 0 Å². The van der Waals surface area contributed by atoms with E-state index in [4.69, 9.17) is 58.0 Å². The highest BCUT2D eigenvalue weighted by Gasteiger charge is 2.51. The van der Waals surface area contributed by atoms with Crippen molar-refractivity contribution >= 4 is 64.0 Å². The molecule has 2 aromatic heterocycles. The first-order valence-corrected chi connectivity index (χ1v) is 8.49. The summed E-state index contributed by atoms with van der Waals surface area (Å²) in [6.07, 6.45) is 2.69. The van der Waals surface area contributed by atoms with Gasteiger partial charge < -0.3 is 0 Å². The number of carbonyl (C=O) groups is 1. The van der Waals surface area contributed by atoms with E-state index in [0.29, 0.717) is 5.56 Å². The molecule has 0 aliphatic rings. The largest absolute Gasteiger partial charge is 0.372 e. The molecule has 0 aliphatic carbocycles. The first-order valence-electron chi connectivity index (χ1n) is 6.60. The third kappa shape index (κ3) is 3.35. The van der Waals surface area contributed by atoms with E-state index in [9.17, 15) is 4.79 Å². The van der Waals surface area contributed by atoms with E-state index >= 15 is 0 Å². The van der Waals surface area contributed by atoms with E-state index in [1.165, 1.54) is 12.4 Å². The van der Waals surface area contributed by atoms with Crippen molar-refractivity contribution in [2.75, 3.05) is 0 Å². The molecule has 3 aromatic rings. The number of nitrogens with zero attached hydrogens (tertiary/aromatic N) is 6. The lowest BCUT2D eigenvalue weighted by molar-refractivity contribution is 0.237. The molecule has 0 atom stereocenters. The lowest BCUT2D eigenvalue weighted by Gasteiger charge is -2.26. The van der Waals surface area contributed by atoms with Crippen LogP contribution in [0, 0.1) is 0 Å². The van der Waals surface area contributed by atoms with E-state index < -0.39 is 14.2 Å². The zero-order valence-corrected chi connectivity index (χ0v) is 15.8. The van der Waals surface area contributed by atoms with Gasteiger partial charge >= 0.3 is 6.03 Å². The number of hydrogen-bond donors (Lipinski definition) is 0. The Morgan fingerprint density at radius 2 is 1.68 bits per heavy atom. The van der Waals surface area contributed by atoms with Gasteiger partial charge in [0.25, 0.3) is 0 Å². The summed E-state index contributed by atoms with van der Waals surface area (Å²) in [7, 11) is 0. The normalized spacial score (nSPS) is 12.4. The van der Waals surface area contributed by atoms with Crippen molar-refractivity contribution in [3.63, 3.8) is 0 Å². The quantitative estimate of drug-likeness (QED) is 0.562. The molecule has 2 heterocycles. The van der Waals surface area contributed by atoms with Crippen LogP contribution in [0.25, 0.3) is 11.3 Å². The van der Waals surface area contributed by atoms with Crippen molar-refractivity contribution in [2.45, 2.75) is 8.13 Å². The Balaban J connectivity index is 2.24. The maximum Gasteiger partial charge on any atom is 0.372 e. The monoisotopic (exact) mass is 438 g/mol. The van der Waals surface area contributed by atoms with E-state index in [0.717, 1.165) is 9.36 Å². The number of hydrogen-bond acceptors (Lipinski definition) is 5. The maximum absolute atomic E-state index is 12.6. The van der Waals surface area contributed by atoms with Crippen molar-refractivity contribution in [1.82, 2.24) is 30.0 Å². The van der Waals surface area contributed by atoms with Crippen LogP contribution in [0.3, 0.4) is 0 Å². The lowest BCUT2D eigenvalue weighted by atomic mass is 10.1. The second kappa shape index (κ2) is 6.74. The standard InChI is InChI=1S/C13H7Cl5N6O/c14-12(15,13(16,17)18)10-9(8-4-2-1-3-5-8)24(22-20-10)11(25)23-7-6-19-21-23/h1-7H. The van der Waals surface area contributed by atoms with Crippen LogP contribution in [0.4, 0.5) is 4.79 Å². The zero-order chi connectivity index (χ0) is 18.2. The van der Waals surface area contributed by atoms with Crippen molar-refractivity contribution in [3.8, 4) is 11.3 Å². The zero-order valence-electron chi connectivity index (χ0n) is 12.0. The topological polar surface area (TPSA) is 78.5 Å². The van der Waals surface area contributed by atoms with E-state index in [1.807, 2.05) is 0 Å². The maximum atomic E-state index is 12.6. The molecule has 0 saturated carbocycles. The Bertz CT molecular complexity index is 888. The fourth-order valence-electron chi connectivity index (χ4n) is 2.02. The lowest BCUT2D eigenvalue weighted by Crippen LogP contribution is -2.30. The molecule has 0 saturated heterocycles. The first-order chi connectivity index (χ1) is 11.7. The van der Waals surface area contributed by atoms with Crippen LogP contribution in [0.1, 0.15) is 5.69 Å². The Labute approximate surface area is 166 Å². The molecule has 0 N–H and O–H groups in total. The molecule has 1 aromatic carbocycles. The number of alkyl halides is 5. The highest BCUT2D eigenvalue weighted by molar-refractivity contribution is 6.75.